The van der Waals surface area contributed by atoms with E-state index in [0.717, 1.165) is 25.1 Å². The summed E-state index contributed by atoms with van der Waals surface area (Å²) in [6, 6.07) is 7.70. The first kappa shape index (κ1) is 16.2. The zero-order valence-electron chi connectivity index (χ0n) is 12.8. The van der Waals surface area contributed by atoms with E-state index in [2.05, 4.69) is 4.90 Å². The van der Waals surface area contributed by atoms with Gasteiger partial charge in [-0.05, 0) is 37.1 Å². The van der Waals surface area contributed by atoms with E-state index in [-0.39, 0.29) is 0 Å². The molecule has 3 rings (SSSR count). The first-order chi connectivity index (χ1) is 10.5. The number of nitrogens with zero attached hydrogens (tertiary/aromatic N) is 3. The zero-order valence-corrected chi connectivity index (χ0v) is 14.4. The molecule has 0 saturated carbocycles. The number of hydrogen-bond acceptors (Lipinski definition) is 3. The van der Waals surface area contributed by atoms with Gasteiger partial charge in [-0.3, -0.25) is 4.90 Å². The molecule has 0 N–H and O–H groups in total. The molecule has 1 aromatic rings. The largest absolute Gasteiger partial charge is 0.298 e. The summed E-state index contributed by atoms with van der Waals surface area (Å²) in [4.78, 5) is 2.41. The Bertz CT molecular complexity index is 620. The van der Waals surface area contributed by atoms with Crippen molar-refractivity contribution in [3.05, 3.63) is 34.9 Å². The van der Waals surface area contributed by atoms with E-state index >= 15 is 0 Å². The third kappa shape index (κ3) is 3.31. The number of hydrogen-bond donors (Lipinski definition) is 0. The number of benzene rings is 1. The molecular formula is C15H22ClN3O2S. The van der Waals surface area contributed by atoms with Crippen LogP contribution in [0.25, 0.3) is 0 Å². The van der Waals surface area contributed by atoms with Crippen molar-refractivity contribution < 1.29 is 8.42 Å². The Morgan fingerprint density at radius 1 is 1.23 bits per heavy atom. The molecule has 0 bridgehead atoms. The van der Waals surface area contributed by atoms with Gasteiger partial charge in [-0.25, -0.2) is 0 Å². The van der Waals surface area contributed by atoms with Gasteiger partial charge in [-0.2, -0.15) is 17.0 Å². The molecule has 2 saturated heterocycles. The first-order valence-corrected chi connectivity index (χ1v) is 9.44. The minimum Gasteiger partial charge on any atom is -0.298 e. The van der Waals surface area contributed by atoms with Gasteiger partial charge in [0.05, 0.1) is 0 Å². The van der Waals surface area contributed by atoms with E-state index < -0.39 is 10.2 Å². The van der Waals surface area contributed by atoms with Crippen LogP contribution in [0, 0.1) is 0 Å². The fourth-order valence-corrected chi connectivity index (χ4v) is 4.80. The lowest BCUT2D eigenvalue weighted by Gasteiger charge is -2.38. The van der Waals surface area contributed by atoms with Crippen LogP contribution >= 0.6 is 11.6 Å². The highest BCUT2D eigenvalue weighted by atomic mass is 35.5. The summed E-state index contributed by atoms with van der Waals surface area (Å²) in [7, 11) is -1.76. The van der Waals surface area contributed by atoms with E-state index in [9.17, 15) is 8.42 Å². The number of rotatable bonds is 4. The van der Waals surface area contributed by atoms with Crippen LogP contribution in [0.15, 0.2) is 24.3 Å². The van der Waals surface area contributed by atoms with Crippen molar-refractivity contribution >= 4 is 21.8 Å². The number of piperazine rings is 1. The highest BCUT2D eigenvalue weighted by Gasteiger charge is 2.37. The van der Waals surface area contributed by atoms with Crippen LogP contribution in [0.2, 0.25) is 5.02 Å². The number of fused-ring (bicyclic) bond motifs is 1. The second-order valence-corrected chi connectivity index (χ2v) is 8.55. The third-order valence-corrected chi connectivity index (χ3v) is 6.74. The Labute approximate surface area is 137 Å². The monoisotopic (exact) mass is 343 g/mol. The number of halogens is 1. The van der Waals surface area contributed by atoms with Gasteiger partial charge in [0.15, 0.2) is 0 Å². The van der Waals surface area contributed by atoms with Crippen LogP contribution in [0.1, 0.15) is 18.4 Å². The van der Waals surface area contributed by atoms with Crippen LogP contribution in [0.4, 0.5) is 0 Å². The molecule has 2 aliphatic rings. The smallest absolute Gasteiger partial charge is 0.282 e. The Morgan fingerprint density at radius 3 is 2.68 bits per heavy atom. The topological polar surface area (TPSA) is 43.9 Å². The highest BCUT2D eigenvalue weighted by molar-refractivity contribution is 7.86. The van der Waals surface area contributed by atoms with Crippen molar-refractivity contribution in [2.24, 2.45) is 0 Å². The van der Waals surface area contributed by atoms with E-state index in [1.807, 2.05) is 12.1 Å². The Kier molecular flexibility index (Phi) is 4.75. The first-order valence-electron chi connectivity index (χ1n) is 7.67. The summed E-state index contributed by atoms with van der Waals surface area (Å²) in [6.07, 6.45) is 2.28. The quantitative estimate of drug-likeness (QED) is 0.837. The summed E-state index contributed by atoms with van der Waals surface area (Å²) in [6.45, 7) is 3.53. The van der Waals surface area contributed by atoms with Crippen molar-refractivity contribution in [1.29, 1.82) is 0 Å². The fraction of sp³-hybridized carbons (Fsp3) is 0.600. The molecule has 22 heavy (non-hydrogen) atoms. The maximum Gasteiger partial charge on any atom is 0.282 e. The highest BCUT2D eigenvalue weighted by Crippen LogP contribution is 2.24. The normalized spacial score (nSPS) is 23.9. The maximum atomic E-state index is 12.8. The molecule has 0 aliphatic carbocycles. The zero-order chi connectivity index (χ0) is 15.7. The van der Waals surface area contributed by atoms with Crippen molar-refractivity contribution in [3.8, 4) is 0 Å². The lowest BCUT2D eigenvalue weighted by Crippen LogP contribution is -2.54. The second kappa shape index (κ2) is 6.45. The van der Waals surface area contributed by atoms with E-state index in [1.54, 1.807) is 23.5 Å². The van der Waals surface area contributed by atoms with Crippen LogP contribution in [0.3, 0.4) is 0 Å². The molecule has 5 nitrogen and oxygen atoms in total. The molecule has 0 unspecified atom stereocenters. The van der Waals surface area contributed by atoms with Crippen molar-refractivity contribution in [2.45, 2.75) is 25.4 Å². The standard InChI is InChI=1S/C15H22ClN3O2S/c1-17(11-13-4-6-14(16)7-5-13)22(20,21)19-10-9-18-8-2-3-15(18)12-19/h4-7,15H,2-3,8-12H2,1H3/t15-/m0/s1. The van der Waals surface area contributed by atoms with Crippen LogP contribution in [-0.2, 0) is 16.8 Å². The fourth-order valence-electron chi connectivity index (χ4n) is 3.30. The Hall–Kier alpha value is -0.660. The predicted octanol–water partition coefficient (Wildman–Crippen LogP) is 1.80. The molecule has 0 spiro atoms. The molecule has 122 valence electrons. The van der Waals surface area contributed by atoms with Crippen LogP contribution < -0.4 is 0 Å². The Morgan fingerprint density at radius 2 is 1.95 bits per heavy atom. The molecule has 1 aromatic carbocycles. The Balaban J connectivity index is 1.67. The SMILES string of the molecule is CN(Cc1ccc(Cl)cc1)S(=O)(=O)N1CCN2CCC[C@H]2C1. The molecule has 2 heterocycles. The minimum absolute atomic E-state index is 0.365. The van der Waals surface area contributed by atoms with Gasteiger partial charge in [0, 0.05) is 44.3 Å². The van der Waals surface area contributed by atoms with Gasteiger partial charge in [0.25, 0.3) is 10.2 Å². The average Bonchev–Trinajstić information content (AvgIpc) is 2.97. The third-order valence-electron chi connectivity index (χ3n) is 4.59. The van der Waals surface area contributed by atoms with Crippen molar-refractivity contribution in [3.63, 3.8) is 0 Å². The van der Waals surface area contributed by atoms with Crippen LogP contribution in [0.5, 0.6) is 0 Å². The molecule has 1 atom stereocenters. The molecule has 0 radical (unpaired) electrons. The summed E-state index contributed by atoms with van der Waals surface area (Å²) in [5.41, 5.74) is 0.940. The van der Waals surface area contributed by atoms with E-state index in [0.29, 0.717) is 30.7 Å². The molecular weight excluding hydrogens is 322 g/mol. The molecule has 0 aromatic heterocycles. The molecule has 2 fully saturated rings. The van der Waals surface area contributed by atoms with Crippen molar-refractivity contribution in [1.82, 2.24) is 13.5 Å². The minimum atomic E-state index is -3.40. The lowest BCUT2D eigenvalue weighted by atomic mass is 10.2. The van der Waals surface area contributed by atoms with Crippen molar-refractivity contribution in [2.75, 3.05) is 33.2 Å². The summed E-state index contributed by atoms with van der Waals surface area (Å²) >= 11 is 5.87. The lowest BCUT2D eigenvalue weighted by molar-refractivity contribution is 0.153. The van der Waals surface area contributed by atoms with Gasteiger partial charge < -0.3 is 0 Å². The summed E-state index contributed by atoms with van der Waals surface area (Å²) in [5.74, 6) is 0. The average molecular weight is 344 g/mol. The van der Waals surface area contributed by atoms with Gasteiger partial charge in [0.1, 0.15) is 0 Å². The molecule has 7 heteroatoms. The summed E-state index contributed by atoms with van der Waals surface area (Å²) < 4.78 is 28.6. The van der Waals surface area contributed by atoms with Gasteiger partial charge in [-0.1, -0.05) is 23.7 Å². The van der Waals surface area contributed by atoms with Gasteiger partial charge in [0.2, 0.25) is 0 Å². The van der Waals surface area contributed by atoms with E-state index in [1.165, 1.54) is 10.7 Å². The molecule has 0 amide bonds. The predicted molar refractivity (Wildman–Crippen MR) is 88.0 cm³/mol. The second-order valence-electron chi connectivity index (χ2n) is 6.08. The van der Waals surface area contributed by atoms with E-state index in [4.69, 9.17) is 11.6 Å². The van der Waals surface area contributed by atoms with Gasteiger partial charge >= 0.3 is 0 Å². The molecule has 2 aliphatic heterocycles. The summed E-state index contributed by atoms with van der Waals surface area (Å²) in [5, 5.41) is 0.659. The van der Waals surface area contributed by atoms with Gasteiger partial charge in [-0.15, -0.1) is 0 Å². The van der Waals surface area contributed by atoms with Crippen LogP contribution in [-0.4, -0.2) is 61.2 Å². The maximum absolute atomic E-state index is 12.8.